The van der Waals surface area contributed by atoms with Crippen LogP contribution in [0.4, 0.5) is 11.6 Å². The number of esters is 1. The van der Waals surface area contributed by atoms with Crippen LogP contribution in [0.5, 0.6) is 17.2 Å². The van der Waals surface area contributed by atoms with Gasteiger partial charge in [0.15, 0.2) is 5.75 Å². The third-order valence-corrected chi connectivity index (χ3v) is 12.8. The van der Waals surface area contributed by atoms with E-state index >= 15 is 0 Å². The van der Waals surface area contributed by atoms with E-state index in [1.54, 1.807) is 65.8 Å². The number of aliphatic hydroxyl groups excluding tert-OH is 2. The Balaban J connectivity index is 1.78. The summed E-state index contributed by atoms with van der Waals surface area (Å²) in [7, 11) is 1.46. The van der Waals surface area contributed by atoms with Crippen molar-refractivity contribution >= 4 is 51.1 Å². The van der Waals surface area contributed by atoms with Gasteiger partial charge in [0, 0.05) is 73.2 Å². The molecule has 1 amide bonds. The molecule has 0 spiro atoms. The van der Waals surface area contributed by atoms with Gasteiger partial charge in [0.2, 0.25) is 5.95 Å². The van der Waals surface area contributed by atoms with Gasteiger partial charge in [-0.25, -0.2) is 4.98 Å². The second kappa shape index (κ2) is 18.5. The number of anilines is 2. The number of aromatic hydroxyl groups is 2. The first-order chi connectivity index (χ1) is 28.6. The standard InChI is InChI=1S/C46H64N4O11/c1-14-23(5)50(24(6)15-2)45-48-34-31-32-39(54)28(10)42-33(31)43(56)46(12,61-42)59-20-19-30(58-13)25(7)41(60-29(11)51)27(9)38(53)26(8)37(52)21(3)17-16-18-22(4)44(57)47-36(40(32)55)35(34)49-45/h16-21,23-27,30,37-38,41,52-55H,14-15H2,1-13H3,(H,47,57)(H,48,49)/b17-16+,20-19+,22-18-/t21-,23?,24?,25-,26-,27-,30+,37+,38+,41+,46+/m1/s1. The molecule has 1 aromatic heterocycles. The summed E-state index contributed by atoms with van der Waals surface area (Å²) in [6, 6.07) is 0.0336. The molecule has 5 rings (SSSR count). The second-order valence-corrected chi connectivity index (χ2v) is 17.1. The van der Waals surface area contributed by atoms with Crippen LogP contribution < -0.4 is 15.0 Å². The van der Waals surface area contributed by atoms with Crippen molar-refractivity contribution in [1.29, 1.82) is 0 Å². The van der Waals surface area contributed by atoms with Crippen molar-refractivity contribution in [2.75, 3.05) is 17.3 Å². The van der Waals surface area contributed by atoms with Crippen molar-refractivity contribution in [2.45, 2.75) is 138 Å². The minimum atomic E-state index is -1.97. The highest BCUT2D eigenvalue weighted by Gasteiger charge is 2.50. The van der Waals surface area contributed by atoms with E-state index in [1.165, 1.54) is 27.2 Å². The molecule has 2 unspecified atom stereocenters. The molecule has 0 saturated heterocycles. The summed E-state index contributed by atoms with van der Waals surface area (Å²) in [4.78, 5) is 51.6. The maximum absolute atomic E-state index is 14.7. The Morgan fingerprint density at radius 1 is 0.967 bits per heavy atom. The molecule has 2 aliphatic rings. The zero-order valence-electron chi connectivity index (χ0n) is 37.6. The second-order valence-electron chi connectivity index (χ2n) is 17.1. The fourth-order valence-corrected chi connectivity index (χ4v) is 8.57. The van der Waals surface area contributed by atoms with E-state index in [2.05, 4.69) is 42.9 Å². The van der Waals surface area contributed by atoms with Gasteiger partial charge in [0.1, 0.15) is 28.8 Å². The number of allylic oxidation sites excluding steroid dienone is 2. The molecular formula is C46H64N4O11. The number of amides is 1. The Morgan fingerprint density at radius 2 is 1.61 bits per heavy atom. The molecular weight excluding hydrogens is 785 g/mol. The number of benzene rings is 2. The molecule has 0 fully saturated rings. The number of imidazole rings is 1. The largest absolute Gasteiger partial charge is 0.507 e. The van der Waals surface area contributed by atoms with Crippen molar-refractivity contribution < 1.29 is 53.8 Å². The molecule has 334 valence electrons. The van der Waals surface area contributed by atoms with Crippen LogP contribution in [-0.4, -0.2) is 97.5 Å². The quantitative estimate of drug-likeness (QED) is 0.102. The molecule has 15 heteroatoms. The van der Waals surface area contributed by atoms with Gasteiger partial charge in [-0.15, -0.1) is 0 Å². The van der Waals surface area contributed by atoms with E-state index < -0.39 is 77.3 Å². The Morgan fingerprint density at radius 3 is 2.20 bits per heavy atom. The number of Topliss-reactive ketones (excluding diaryl/α,β-unsaturated/α-hetero) is 1. The Kier molecular flexibility index (Phi) is 14.2. The molecule has 4 bridgehead atoms. The van der Waals surface area contributed by atoms with Gasteiger partial charge < -0.3 is 54.6 Å². The van der Waals surface area contributed by atoms with Gasteiger partial charge >= 0.3 is 11.8 Å². The Hall–Kier alpha value is -5.12. The number of fused-ring (bicyclic) bond motifs is 1. The number of ether oxygens (including phenoxy) is 4. The minimum Gasteiger partial charge on any atom is -0.507 e. The first kappa shape index (κ1) is 46.9. The maximum atomic E-state index is 14.7. The highest BCUT2D eigenvalue weighted by Crippen LogP contribution is 2.54. The van der Waals surface area contributed by atoms with Crippen LogP contribution in [0, 0.1) is 30.6 Å². The Labute approximate surface area is 357 Å². The van der Waals surface area contributed by atoms with Crippen molar-refractivity contribution in [3.8, 4) is 17.2 Å². The van der Waals surface area contributed by atoms with Crippen molar-refractivity contribution in [1.82, 2.24) is 9.97 Å². The average molecular weight is 849 g/mol. The highest BCUT2D eigenvalue weighted by molar-refractivity contribution is 6.28. The van der Waals surface area contributed by atoms with Crippen LogP contribution in [0.2, 0.25) is 0 Å². The molecule has 0 radical (unpaired) electrons. The minimum absolute atomic E-state index is 0.0168. The molecule has 0 saturated carbocycles. The monoisotopic (exact) mass is 848 g/mol. The molecule has 0 aliphatic carbocycles. The van der Waals surface area contributed by atoms with E-state index in [0.29, 0.717) is 5.95 Å². The number of aliphatic hydroxyl groups is 2. The lowest BCUT2D eigenvalue weighted by Crippen LogP contribution is -2.46. The normalized spacial score (nSPS) is 30.6. The molecule has 61 heavy (non-hydrogen) atoms. The molecule has 2 aliphatic heterocycles. The number of carbonyl (C=O) groups excluding carboxylic acids is 3. The lowest BCUT2D eigenvalue weighted by atomic mass is 9.78. The summed E-state index contributed by atoms with van der Waals surface area (Å²) in [5.74, 6) is -6.55. The zero-order valence-corrected chi connectivity index (χ0v) is 37.6. The highest BCUT2D eigenvalue weighted by atomic mass is 16.7. The maximum Gasteiger partial charge on any atom is 0.312 e. The van der Waals surface area contributed by atoms with E-state index in [9.17, 15) is 34.8 Å². The van der Waals surface area contributed by atoms with Gasteiger partial charge in [-0.05, 0) is 46.6 Å². The number of methoxy groups -OCH3 is 1. The zero-order chi connectivity index (χ0) is 45.4. The number of phenolic OH excluding ortho intramolecular Hbond substituents is 2. The number of carbonyl (C=O) groups is 3. The van der Waals surface area contributed by atoms with Gasteiger partial charge in [0.25, 0.3) is 11.7 Å². The fourth-order valence-electron chi connectivity index (χ4n) is 8.57. The first-order valence-electron chi connectivity index (χ1n) is 21.2. The third-order valence-electron chi connectivity index (χ3n) is 12.8. The number of ketones is 1. The number of H-pyrrole nitrogens is 1. The smallest absolute Gasteiger partial charge is 0.312 e. The number of phenols is 2. The molecule has 15 nitrogen and oxygen atoms in total. The lowest BCUT2D eigenvalue weighted by Gasteiger charge is -2.38. The number of hydrogen-bond donors (Lipinski definition) is 6. The summed E-state index contributed by atoms with van der Waals surface area (Å²) in [6.45, 7) is 21.1. The number of rotatable bonds is 7. The van der Waals surface area contributed by atoms with Crippen LogP contribution in [0.3, 0.4) is 0 Å². The van der Waals surface area contributed by atoms with E-state index in [-0.39, 0.29) is 67.8 Å². The number of nitrogens with one attached hydrogen (secondary N) is 2. The van der Waals surface area contributed by atoms with Gasteiger partial charge in [-0.1, -0.05) is 59.8 Å². The topological polar surface area (TPSA) is 213 Å². The number of hydrogen-bond acceptors (Lipinski definition) is 13. The van der Waals surface area contributed by atoms with E-state index in [0.717, 1.165) is 12.8 Å². The number of nitrogens with zero attached hydrogens (tertiary/aromatic N) is 2. The van der Waals surface area contributed by atoms with Crippen molar-refractivity contribution in [2.24, 2.45) is 23.7 Å². The van der Waals surface area contributed by atoms with E-state index in [1.807, 2.05) is 0 Å². The molecule has 11 atom stereocenters. The lowest BCUT2D eigenvalue weighted by molar-refractivity contribution is -0.160. The predicted octanol–water partition coefficient (Wildman–Crippen LogP) is 7.33. The van der Waals surface area contributed by atoms with Crippen molar-refractivity contribution in [3.63, 3.8) is 0 Å². The van der Waals surface area contributed by atoms with Gasteiger partial charge in [-0.3, -0.25) is 14.4 Å². The summed E-state index contributed by atoms with van der Waals surface area (Å²) < 4.78 is 24.0. The van der Waals surface area contributed by atoms with Crippen LogP contribution in [-0.2, 0) is 23.8 Å². The summed E-state index contributed by atoms with van der Waals surface area (Å²) in [5, 5.41) is 49.7. The van der Waals surface area contributed by atoms with Gasteiger partial charge in [0.05, 0.1) is 41.0 Å². The summed E-state index contributed by atoms with van der Waals surface area (Å²) >= 11 is 0. The van der Waals surface area contributed by atoms with Crippen LogP contribution in [0.1, 0.15) is 105 Å². The van der Waals surface area contributed by atoms with Gasteiger partial charge in [-0.2, -0.15) is 0 Å². The van der Waals surface area contributed by atoms with Crippen LogP contribution >= 0.6 is 0 Å². The Bertz CT molecular complexity index is 2240. The number of aromatic nitrogens is 2. The predicted molar refractivity (Wildman–Crippen MR) is 234 cm³/mol. The fraction of sp³-hybridized carbons (Fsp3) is 0.565. The summed E-state index contributed by atoms with van der Waals surface area (Å²) in [6.07, 6.45) is 5.47. The van der Waals surface area contributed by atoms with E-state index in [4.69, 9.17) is 23.9 Å². The average Bonchev–Trinajstić information content (AvgIpc) is 3.77. The van der Waals surface area contributed by atoms with Crippen molar-refractivity contribution in [3.05, 3.63) is 47.3 Å². The molecule has 3 heterocycles. The molecule has 2 aromatic carbocycles. The summed E-state index contributed by atoms with van der Waals surface area (Å²) in [5.41, 5.74) is 0.771. The first-order valence-corrected chi connectivity index (χ1v) is 21.2. The third kappa shape index (κ3) is 8.69. The van der Waals surface area contributed by atoms with Crippen LogP contribution in [0.25, 0.3) is 21.8 Å². The van der Waals surface area contributed by atoms with Crippen LogP contribution in [0.15, 0.2) is 36.1 Å². The number of aromatic amines is 1. The molecule has 6 N–H and O–H groups in total. The SMILES string of the molecule is CCC(C)N(c1nc2c([nH]1)c1c(O)c3c(O)c(C)c4c(c32)C(=O)[C@@](C)(O/C=C/[C@H](OC)[C@@H](C)[C@H](OC(C)=O)[C@H](C)[C@@H](O)[C@H](C)[C@@H](O)[C@H](C)/C=C/C=C(/C)C(=O)N1)O4)C(C)CC. The molecule has 3 aromatic rings.